The number of aromatic nitrogens is 1. The average molecular weight is 450 g/mol. The summed E-state index contributed by atoms with van der Waals surface area (Å²) in [6.45, 7) is 8.26. The van der Waals surface area contributed by atoms with Crippen molar-refractivity contribution in [3.8, 4) is 0 Å². The average Bonchev–Trinajstić information content (AvgIpc) is 3.54. The molecule has 2 heterocycles. The van der Waals surface area contributed by atoms with Crippen LogP contribution in [0.1, 0.15) is 49.4 Å². The molecule has 0 N–H and O–H groups in total. The van der Waals surface area contributed by atoms with Crippen molar-refractivity contribution in [1.82, 2.24) is 4.57 Å². The number of aryl methyl sites for hydroxylation is 1. The molecule has 1 aliphatic heterocycles. The van der Waals surface area contributed by atoms with Crippen molar-refractivity contribution in [2.75, 3.05) is 18.5 Å². The van der Waals surface area contributed by atoms with Gasteiger partial charge in [0, 0.05) is 25.5 Å². The number of rotatable bonds is 6. The van der Waals surface area contributed by atoms with Crippen LogP contribution in [-0.2, 0) is 13.0 Å². The van der Waals surface area contributed by atoms with Gasteiger partial charge in [-0.3, -0.25) is 4.99 Å². The molecule has 0 bridgehead atoms. The van der Waals surface area contributed by atoms with Gasteiger partial charge in [0.15, 0.2) is 0 Å². The van der Waals surface area contributed by atoms with E-state index in [4.69, 9.17) is 16.6 Å². The number of anilines is 1. The lowest BCUT2D eigenvalue weighted by Gasteiger charge is -2.29. The maximum absolute atomic E-state index is 14.2. The summed E-state index contributed by atoms with van der Waals surface area (Å²) in [4.78, 5) is 7.29. The van der Waals surface area contributed by atoms with Gasteiger partial charge in [-0.25, -0.2) is 4.39 Å². The van der Waals surface area contributed by atoms with Gasteiger partial charge in [0.05, 0.1) is 28.8 Å². The Morgan fingerprint density at radius 3 is 2.84 bits per heavy atom. The van der Waals surface area contributed by atoms with Crippen LogP contribution in [0, 0.1) is 11.7 Å². The van der Waals surface area contributed by atoms with E-state index >= 15 is 0 Å². The van der Waals surface area contributed by atoms with E-state index in [1.807, 2.05) is 6.21 Å². The van der Waals surface area contributed by atoms with E-state index < -0.39 is 0 Å². The lowest BCUT2D eigenvalue weighted by Crippen LogP contribution is -2.24. The van der Waals surface area contributed by atoms with Crippen molar-refractivity contribution in [2.45, 2.75) is 45.6 Å². The normalized spacial score (nSPS) is 16.2. The Labute approximate surface area is 194 Å². The number of aliphatic imine (C=N–C) groups is 1. The van der Waals surface area contributed by atoms with Gasteiger partial charge in [0.25, 0.3) is 0 Å². The number of nitrogens with zero attached hydrogens (tertiary/aromatic N) is 3. The van der Waals surface area contributed by atoms with Crippen LogP contribution < -0.4 is 4.90 Å². The van der Waals surface area contributed by atoms with Crippen molar-refractivity contribution >= 4 is 45.7 Å². The third-order valence-electron chi connectivity index (χ3n) is 6.78. The largest absolute Gasteiger partial charge is 0.373 e. The molecular formula is C27H29ClFN3. The Bertz CT molecular complexity index is 1240. The minimum atomic E-state index is -0.376. The highest BCUT2D eigenvalue weighted by atomic mass is 35.5. The number of fused-ring (bicyclic) bond motifs is 2. The molecule has 1 fully saturated rings. The van der Waals surface area contributed by atoms with Crippen molar-refractivity contribution in [3.63, 3.8) is 0 Å². The summed E-state index contributed by atoms with van der Waals surface area (Å²) in [7, 11) is 2.14. The van der Waals surface area contributed by atoms with Crippen LogP contribution in [0.15, 0.2) is 41.9 Å². The molecule has 0 atom stereocenters. The number of allylic oxidation sites excluding steroid dienone is 1. The molecule has 2 aliphatic rings. The van der Waals surface area contributed by atoms with E-state index in [0.717, 1.165) is 65.8 Å². The fourth-order valence-electron chi connectivity index (χ4n) is 4.74. The number of hydrogen-bond acceptors (Lipinski definition) is 2. The zero-order valence-corrected chi connectivity index (χ0v) is 19.6. The minimum absolute atomic E-state index is 0.196. The summed E-state index contributed by atoms with van der Waals surface area (Å²) in [5.74, 6) is 0.256. The van der Waals surface area contributed by atoms with Crippen molar-refractivity contribution < 1.29 is 4.39 Å². The molecule has 1 aliphatic carbocycles. The molecule has 3 aromatic rings. The Hall–Kier alpha value is -2.59. The van der Waals surface area contributed by atoms with Crippen LogP contribution in [0.4, 0.5) is 15.8 Å². The van der Waals surface area contributed by atoms with Crippen LogP contribution in [0.5, 0.6) is 0 Å². The van der Waals surface area contributed by atoms with Gasteiger partial charge in [-0.15, -0.1) is 0 Å². The van der Waals surface area contributed by atoms with Crippen molar-refractivity contribution in [2.24, 2.45) is 10.9 Å². The quantitative estimate of drug-likeness (QED) is 0.359. The molecule has 0 amide bonds. The summed E-state index contributed by atoms with van der Waals surface area (Å²) in [5.41, 5.74) is 7.53. The molecule has 5 rings (SSSR count). The van der Waals surface area contributed by atoms with E-state index in [0.29, 0.717) is 5.92 Å². The SMILES string of the molecule is C=C(CC)c1cc2c(c(N=Cc3cc4ccc(F)c(Cl)c4n3CC3CC3)c1)N(C)CCC2. The van der Waals surface area contributed by atoms with Crippen LogP contribution >= 0.6 is 11.6 Å². The lowest BCUT2D eigenvalue weighted by molar-refractivity contribution is 0.622. The van der Waals surface area contributed by atoms with Crippen molar-refractivity contribution in [3.05, 3.63) is 64.6 Å². The second kappa shape index (κ2) is 8.40. The van der Waals surface area contributed by atoms with Crippen LogP contribution in [-0.4, -0.2) is 24.4 Å². The van der Waals surface area contributed by atoms with Gasteiger partial charge in [0.1, 0.15) is 10.8 Å². The first kappa shape index (κ1) is 21.3. The maximum Gasteiger partial charge on any atom is 0.143 e. The first-order valence-electron chi connectivity index (χ1n) is 11.5. The fraction of sp³-hybridized carbons (Fsp3) is 0.370. The zero-order valence-electron chi connectivity index (χ0n) is 18.8. The van der Waals surface area contributed by atoms with E-state index in [-0.39, 0.29) is 10.8 Å². The predicted octanol–water partition coefficient (Wildman–Crippen LogP) is 7.40. The zero-order chi connectivity index (χ0) is 22.4. The van der Waals surface area contributed by atoms with Gasteiger partial charge in [0.2, 0.25) is 0 Å². The first-order chi connectivity index (χ1) is 15.5. The van der Waals surface area contributed by atoms with E-state index in [1.165, 1.54) is 30.2 Å². The summed E-state index contributed by atoms with van der Waals surface area (Å²) in [5, 5.41) is 1.15. The second-order valence-corrected chi connectivity index (χ2v) is 9.54. The molecule has 0 saturated heterocycles. The van der Waals surface area contributed by atoms with Gasteiger partial charge in [-0.2, -0.15) is 0 Å². The van der Waals surface area contributed by atoms with Gasteiger partial charge >= 0.3 is 0 Å². The summed E-state index contributed by atoms with van der Waals surface area (Å²) >= 11 is 6.39. The topological polar surface area (TPSA) is 20.5 Å². The maximum atomic E-state index is 14.2. The highest BCUT2D eigenvalue weighted by molar-refractivity contribution is 6.35. The molecule has 166 valence electrons. The van der Waals surface area contributed by atoms with Gasteiger partial charge in [-0.1, -0.05) is 25.1 Å². The molecule has 5 heteroatoms. The molecule has 0 spiro atoms. The molecular weight excluding hydrogens is 421 g/mol. The van der Waals surface area contributed by atoms with Crippen molar-refractivity contribution in [1.29, 1.82) is 0 Å². The monoisotopic (exact) mass is 449 g/mol. The van der Waals surface area contributed by atoms with Crippen LogP contribution in [0.3, 0.4) is 0 Å². The summed E-state index contributed by atoms with van der Waals surface area (Å²) in [6.07, 6.45) is 7.47. The van der Waals surface area contributed by atoms with Crippen LogP contribution in [0.2, 0.25) is 5.02 Å². The number of benzene rings is 2. The fourth-order valence-corrected chi connectivity index (χ4v) is 5.02. The highest BCUT2D eigenvalue weighted by Crippen LogP contribution is 2.39. The molecule has 2 aromatic carbocycles. The Morgan fingerprint density at radius 1 is 1.28 bits per heavy atom. The Morgan fingerprint density at radius 2 is 2.09 bits per heavy atom. The molecule has 1 aromatic heterocycles. The Kier molecular flexibility index (Phi) is 5.58. The Balaban J connectivity index is 1.62. The highest BCUT2D eigenvalue weighted by Gasteiger charge is 2.25. The smallest absolute Gasteiger partial charge is 0.143 e. The third-order valence-corrected chi connectivity index (χ3v) is 7.14. The molecule has 0 radical (unpaired) electrons. The number of hydrogen-bond donors (Lipinski definition) is 0. The van der Waals surface area contributed by atoms with Crippen LogP contribution in [0.25, 0.3) is 16.5 Å². The predicted molar refractivity (Wildman–Crippen MR) is 134 cm³/mol. The molecule has 0 unspecified atom stereocenters. The van der Waals surface area contributed by atoms with E-state index in [1.54, 1.807) is 6.07 Å². The van der Waals surface area contributed by atoms with Gasteiger partial charge in [-0.05, 0) is 85.1 Å². The lowest BCUT2D eigenvalue weighted by atomic mass is 9.94. The second-order valence-electron chi connectivity index (χ2n) is 9.17. The first-order valence-corrected chi connectivity index (χ1v) is 11.9. The molecule has 1 saturated carbocycles. The number of halogens is 2. The third kappa shape index (κ3) is 3.86. The van der Waals surface area contributed by atoms with E-state index in [2.05, 4.69) is 48.2 Å². The summed E-state index contributed by atoms with van der Waals surface area (Å²) in [6, 6.07) is 9.75. The van der Waals surface area contributed by atoms with Gasteiger partial charge < -0.3 is 9.47 Å². The standard InChI is InChI=1S/C27H29ClFN3/c1-4-17(2)21-12-19-6-5-11-31(3)26(19)24(14-21)30-15-22-13-20-9-10-23(29)25(28)27(20)32(22)16-18-7-8-18/h9-10,12-15,18H,2,4-8,11,16H2,1,3H3. The minimum Gasteiger partial charge on any atom is -0.373 e. The van der Waals surface area contributed by atoms with E-state index in [9.17, 15) is 4.39 Å². The summed E-state index contributed by atoms with van der Waals surface area (Å²) < 4.78 is 16.4. The molecule has 3 nitrogen and oxygen atoms in total. The molecule has 32 heavy (non-hydrogen) atoms.